The number of quaternary nitrogens is 1. The van der Waals surface area contributed by atoms with Crippen LogP contribution in [-0.4, -0.2) is 75.5 Å². The van der Waals surface area contributed by atoms with E-state index in [-0.39, 0.29) is 42.7 Å². The topological polar surface area (TPSA) is 102 Å². The number of carboxylic acid groups (broad SMARTS) is 1. The molecule has 0 fully saturated rings. The number of hydrogen-bond acceptors (Lipinski definition) is 7. The van der Waals surface area contributed by atoms with Crippen LogP contribution in [0.5, 0.6) is 0 Å². The van der Waals surface area contributed by atoms with E-state index in [2.05, 4.69) is 13.8 Å². The van der Waals surface area contributed by atoms with Gasteiger partial charge in [0.1, 0.15) is 12.6 Å². The SMILES string of the molecule is CCCCCCCCCCCCCCCCCCCCCCCCC(=O)OCC(COCCC(C(=O)[O-])[N+](C)(C)C)OC(=O)CCCCCCCCCCCCC. The molecule has 0 N–H and O–H groups in total. The predicted octanol–water partition coefficient (Wildman–Crippen LogP) is 12.4. The number of unbranched alkanes of at least 4 members (excludes halogenated alkanes) is 31. The molecule has 0 aromatic rings. The summed E-state index contributed by atoms with van der Waals surface area (Å²) in [6.07, 6.45) is 42.8. The van der Waals surface area contributed by atoms with Crippen molar-refractivity contribution in [1.29, 1.82) is 0 Å². The van der Waals surface area contributed by atoms with Crippen molar-refractivity contribution in [2.24, 2.45) is 0 Å². The van der Waals surface area contributed by atoms with E-state index in [1.807, 2.05) is 21.1 Å². The smallest absolute Gasteiger partial charge is 0.306 e. The van der Waals surface area contributed by atoms with Crippen LogP contribution in [-0.2, 0) is 28.6 Å². The number of carbonyl (C=O) groups is 3. The van der Waals surface area contributed by atoms with E-state index in [0.29, 0.717) is 12.8 Å². The summed E-state index contributed by atoms with van der Waals surface area (Å²) in [6, 6.07) is -0.719. The van der Waals surface area contributed by atoms with Crippen molar-refractivity contribution in [2.75, 3.05) is 41.0 Å². The molecule has 0 heterocycles. The number of esters is 2. The Morgan fingerprint density at radius 1 is 0.456 bits per heavy atom. The number of carbonyl (C=O) groups excluding carboxylic acids is 3. The zero-order chi connectivity index (χ0) is 42.1. The third kappa shape index (κ3) is 39.6. The average molecular weight is 810 g/mol. The molecule has 2 unspecified atom stereocenters. The highest BCUT2D eigenvalue weighted by Crippen LogP contribution is 2.17. The molecule has 0 aromatic heterocycles. The van der Waals surface area contributed by atoms with E-state index in [0.717, 1.165) is 38.5 Å². The van der Waals surface area contributed by atoms with Gasteiger partial charge in [0.05, 0.1) is 40.3 Å². The highest BCUT2D eigenvalue weighted by atomic mass is 16.6. The molecule has 0 aliphatic heterocycles. The first-order valence-electron chi connectivity index (χ1n) is 24.6. The van der Waals surface area contributed by atoms with Gasteiger partial charge in [0, 0.05) is 19.3 Å². The van der Waals surface area contributed by atoms with Crippen molar-refractivity contribution in [1.82, 2.24) is 0 Å². The number of likely N-dealkylation sites (N-methyl/N-ethyl adjacent to an activating group) is 1. The molecule has 0 aromatic carbocycles. The summed E-state index contributed by atoms with van der Waals surface area (Å²) in [7, 11) is 5.42. The Balaban J connectivity index is 4.12. The van der Waals surface area contributed by atoms with Gasteiger partial charge in [-0.15, -0.1) is 0 Å². The number of ether oxygens (including phenoxy) is 3. The molecule has 0 bridgehead atoms. The Morgan fingerprint density at radius 3 is 1.09 bits per heavy atom. The van der Waals surface area contributed by atoms with Gasteiger partial charge in [-0.25, -0.2) is 0 Å². The van der Waals surface area contributed by atoms with Crippen molar-refractivity contribution in [2.45, 2.75) is 257 Å². The molecule has 0 spiro atoms. The molecule has 0 amide bonds. The minimum Gasteiger partial charge on any atom is -0.544 e. The fraction of sp³-hybridized carbons (Fsp3) is 0.939. The largest absolute Gasteiger partial charge is 0.544 e. The Bertz CT molecular complexity index is 905. The summed E-state index contributed by atoms with van der Waals surface area (Å²) in [6.45, 7) is 4.70. The second-order valence-electron chi connectivity index (χ2n) is 18.1. The van der Waals surface area contributed by atoms with Crippen LogP contribution in [0.4, 0.5) is 0 Å². The lowest BCUT2D eigenvalue weighted by Crippen LogP contribution is -2.55. The standard InChI is InChI=1S/C49H95NO7/c1-6-8-10-12-14-16-18-19-20-21-22-23-24-25-26-27-28-30-31-33-35-37-39-47(51)56-44-45(43-55-42-41-46(49(53)54)50(3,4)5)57-48(52)40-38-36-34-32-29-17-15-13-11-9-7-2/h45-46H,6-44H2,1-5H3. The maximum Gasteiger partial charge on any atom is 0.306 e. The van der Waals surface area contributed by atoms with Crippen molar-refractivity contribution < 1.29 is 38.2 Å². The van der Waals surface area contributed by atoms with E-state index in [1.54, 1.807) is 0 Å². The summed E-state index contributed by atoms with van der Waals surface area (Å²) in [4.78, 5) is 36.9. The van der Waals surface area contributed by atoms with Gasteiger partial charge >= 0.3 is 11.9 Å². The molecule has 338 valence electrons. The van der Waals surface area contributed by atoms with Crippen LogP contribution < -0.4 is 5.11 Å². The maximum atomic E-state index is 12.7. The molecular weight excluding hydrogens is 715 g/mol. The van der Waals surface area contributed by atoms with Crippen molar-refractivity contribution in [3.63, 3.8) is 0 Å². The lowest BCUT2D eigenvalue weighted by molar-refractivity contribution is -0.889. The number of carboxylic acids is 1. The monoisotopic (exact) mass is 810 g/mol. The van der Waals surface area contributed by atoms with Crippen LogP contribution in [0.25, 0.3) is 0 Å². The zero-order valence-corrected chi connectivity index (χ0v) is 38.5. The molecule has 0 saturated heterocycles. The lowest BCUT2D eigenvalue weighted by atomic mass is 10.0. The van der Waals surface area contributed by atoms with E-state index >= 15 is 0 Å². The minimum atomic E-state index is -1.12. The molecule has 2 atom stereocenters. The van der Waals surface area contributed by atoms with Gasteiger partial charge in [-0.3, -0.25) is 9.59 Å². The van der Waals surface area contributed by atoms with Crippen LogP contribution in [0.3, 0.4) is 0 Å². The second kappa shape index (κ2) is 41.1. The Labute approximate surface area is 353 Å². The number of aliphatic carboxylic acids is 1. The van der Waals surface area contributed by atoms with Gasteiger partial charge in [0.15, 0.2) is 6.10 Å². The van der Waals surface area contributed by atoms with Crippen LogP contribution in [0.2, 0.25) is 0 Å². The molecule has 0 aliphatic rings. The average Bonchev–Trinajstić information content (AvgIpc) is 3.17. The minimum absolute atomic E-state index is 0.0492. The normalized spacial score (nSPS) is 12.8. The van der Waals surface area contributed by atoms with Gasteiger partial charge in [0.25, 0.3) is 0 Å². The fourth-order valence-electron chi connectivity index (χ4n) is 7.66. The number of nitrogens with zero attached hydrogens (tertiary/aromatic N) is 1. The molecule has 8 nitrogen and oxygen atoms in total. The van der Waals surface area contributed by atoms with E-state index in [4.69, 9.17) is 14.2 Å². The fourth-order valence-corrected chi connectivity index (χ4v) is 7.66. The van der Waals surface area contributed by atoms with Gasteiger partial charge in [0.2, 0.25) is 0 Å². The predicted molar refractivity (Wildman–Crippen MR) is 236 cm³/mol. The summed E-state index contributed by atoms with van der Waals surface area (Å²) in [5.74, 6) is -1.71. The summed E-state index contributed by atoms with van der Waals surface area (Å²) >= 11 is 0. The summed E-state index contributed by atoms with van der Waals surface area (Å²) in [5.41, 5.74) is 0. The zero-order valence-electron chi connectivity index (χ0n) is 38.5. The quantitative estimate of drug-likeness (QED) is 0.0343. The molecular formula is C49H95NO7. The number of rotatable bonds is 45. The summed E-state index contributed by atoms with van der Waals surface area (Å²) in [5, 5.41) is 11.6. The van der Waals surface area contributed by atoms with Crippen molar-refractivity contribution in [3.05, 3.63) is 0 Å². The highest BCUT2D eigenvalue weighted by molar-refractivity contribution is 5.70. The van der Waals surface area contributed by atoms with Crippen LogP contribution in [0.1, 0.15) is 245 Å². The molecule has 0 radical (unpaired) electrons. The van der Waals surface area contributed by atoms with Gasteiger partial charge in [-0.1, -0.05) is 213 Å². The van der Waals surface area contributed by atoms with Crippen molar-refractivity contribution >= 4 is 17.9 Å². The van der Waals surface area contributed by atoms with Gasteiger partial charge in [-0.2, -0.15) is 0 Å². The van der Waals surface area contributed by atoms with E-state index in [1.165, 1.54) is 173 Å². The summed E-state index contributed by atoms with van der Waals surface area (Å²) < 4.78 is 17.2. The Morgan fingerprint density at radius 2 is 0.772 bits per heavy atom. The molecule has 0 rings (SSSR count). The molecule has 8 heteroatoms. The van der Waals surface area contributed by atoms with E-state index in [9.17, 15) is 19.5 Å². The van der Waals surface area contributed by atoms with Crippen LogP contribution >= 0.6 is 0 Å². The third-order valence-electron chi connectivity index (χ3n) is 11.5. The van der Waals surface area contributed by atoms with Crippen LogP contribution in [0.15, 0.2) is 0 Å². The first-order chi connectivity index (χ1) is 27.6. The third-order valence-corrected chi connectivity index (χ3v) is 11.5. The first-order valence-corrected chi connectivity index (χ1v) is 24.6. The van der Waals surface area contributed by atoms with E-state index < -0.39 is 18.1 Å². The number of hydrogen-bond donors (Lipinski definition) is 0. The first kappa shape index (κ1) is 55.3. The highest BCUT2D eigenvalue weighted by Gasteiger charge is 2.25. The van der Waals surface area contributed by atoms with Crippen molar-refractivity contribution in [3.8, 4) is 0 Å². The Kier molecular flexibility index (Phi) is 39.9. The molecule has 57 heavy (non-hydrogen) atoms. The van der Waals surface area contributed by atoms with Crippen LogP contribution in [0, 0.1) is 0 Å². The lowest BCUT2D eigenvalue weighted by Gasteiger charge is -2.34. The van der Waals surface area contributed by atoms with Gasteiger partial charge in [-0.05, 0) is 12.8 Å². The Hall–Kier alpha value is -1.67. The maximum absolute atomic E-state index is 12.7. The van der Waals surface area contributed by atoms with Gasteiger partial charge < -0.3 is 28.6 Å². The second-order valence-corrected chi connectivity index (χ2v) is 18.1. The molecule has 0 aliphatic carbocycles. The molecule has 0 saturated carbocycles.